The van der Waals surface area contributed by atoms with Crippen LogP contribution in [0.15, 0.2) is 47.5 Å². The number of aromatic amines is 2. The van der Waals surface area contributed by atoms with E-state index in [-0.39, 0.29) is 12.0 Å². The van der Waals surface area contributed by atoms with Gasteiger partial charge >= 0.3 is 0 Å². The Hall–Kier alpha value is -3.09. The number of hydrogen-bond donors (Lipinski definition) is 3. The summed E-state index contributed by atoms with van der Waals surface area (Å²) in [5.74, 6) is -0.889. The van der Waals surface area contributed by atoms with Gasteiger partial charge in [0.15, 0.2) is 0 Å². The maximum absolute atomic E-state index is 12.4. The minimum Gasteiger partial charge on any atom is -0.370 e. The largest absolute Gasteiger partial charge is 0.370 e. The van der Waals surface area contributed by atoms with Gasteiger partial charge in [0.25, 0.3) is 5.56 Å². The van der Waals surface area contributed by atoms with Gasteiger partial charge in [0, 0.05) is 43.3 Å². The Morgan fingerprint density at radius 1 is 1.29 bits per heavy atom. The SMILES string of the molecule is Cn1cc(C(CC(N)=O)c2c(Cc3ccccc3)[nH][nH]c2=O)cn1. The molecule has 0 aliphatic rings. The van der Waals surface area contributed by atoms with Crippen molar-refractivity contribution in [2.45, 2.75) is 18.8 Å². The molecule has 7 nitrogen and oxygen atoms in total. The molecule has 24 heavy (non-hydrogen) atoms. The molecule has 0 aliphatic carbocycles. The number of hydrogen-bond acceptors (Lipinski definition) is 3. The second kappa shape index (κ2) is 6.57. The number of carbonyl (C=O) groups is 1. The third kappa shape index (κ3) is 3.29. The summed E-state index contributed by atoms with van der Waals surface area (Å²) in [5.41, 5.74) is 8.31. The van der Waals surface area contributed by atoms with Crippen LogP contribution in [0.3, 0.4) is 0 Å². The van der Waals surface area contributed by atoms with Crippen molar-refractivity contribution < 1.29 is 4.79 Å². The van der Waals surface area contributed by atoms with E-state index < -0.39 is 11.8 Å². The van der Waals surface area contributed by atoms with E-state index in [0.717, 1.165) is 16.8 Å². The van der Waals surface area contributed by atoms with Crippen molar-refractivity contribution in [1.82, 2.24) is 20.0 Å². The van der Waals surface area contributed by atoms with Crippen molar-refractivity contribution in [3.63, 3.8) is 0 Å². The molecule has 0 saturated carbocycles. The van der Waals surface area contributed by atoms with Crippen molar-refractivity contribution in [2.75, 3.05) is 0 Å². The van der Waals surface area contributed by atoms with E-state index in [1.165, 1.54) is 0 Å². The van der Waals surface area contributed by atoms with Crippen LogP contribution < -0.4 is 11.3 Å². The Kier molecular flexibility index (Phi) is 4.33. The summed E-state index contributed by atoms with van der Waals surface area (Å²) in [4.78, 5) is 23.9. The molecule has 1 amide bonds. The molecule has 0 aliphatic heterocycles. The molecule has 1 atom stereocenters. The van der Waals surface area contributed by atoms with Gasteiger partial charge in [-0.25, -0.2) is 0 Å². The number of rotatable bonds is 6. The highest BCUT2D eigenvalue weighted by molar-refractivity contribution is 5.75. The van der Waals surface area contributed by atoms with Gasteiger partial charge in [-0.1, -0.05) is 30.3 Å². The third-order valence-corrected chi connectivity index (χ3v) is 4.00. The molecule has 0 fully saturated rings. The van der Waals surface area contributed by atoms with Crippen molar-refractivity contribution in [1.29, 1.82) is 0 Å². The van der Waals surface area contributed by atoms with Crippen molar-refractivity contribution in [2.24, 2.45) is 12.8 Å². The van der Waals surface area contributed by atoms with Gasteiger partial charge in [0.05, 0.1) is 6.20 Å². The smallest absolute Gasteiger partial charge is 0.267 e. The number of nitrogens with two attached hydrogens (primary N) is 1. The highest BCUT2D eigenvalue weighted by Gasteiger charge is 2.25. The maximum atomic E-state index is 12.4. The lowest BCUT2D eigenvalue weighted by atomic mass is 9.89. The number of nitrogens with zero attached hydrogens (tertiary/aromatic N) is 2. The number of primary amides is 1. The molecule has 4 N–H and O–H groups in total. The van der Waals surface area contributed by atoms with E-state index in [1.54, 1.807) is 24.1 Å². The van der Waals surface area contributed by atoms with Crippen LogP contribution in [0.25, 0.3) is 0 Å². The predicted molar refractivity (Wildman–Crippen MR) is 89.5 cm³/mol. The lowest BCUT2D eigenvalue weighted by molar-refractivity contribution is -0.118. The van der Waals surface area contributed by atoms with Crippen LogP contribution in [0.1, 0.15) is 34.7 Å². The number of H-pyrrole nitrogens is 2. The number of carbonyl (C=O) groups excluding carboxylic acids is 1. The van der Waals surface area contributed by atoms with Crippen molar-refractivity contribution >= 4 is 5.91 Å². The molecular formula is C17H19N5O2. The van der Waals surface area contributed by atoms with Gasteiger partial charge in [-0.3, -0.25) is 19.4 Å². The normalized spacial score (nSPS) is 12.2. The van der Waals surface area contributed by atoms with E-state index in [0.29, 0.717) is 12.0 Å². The van der Waals surface area contributed by atoms with Gasteiger partial charge in [0.1, 0.15) is 0 Å². The maximum Gasteiger partial charge on any atom is 0.267 e. The summed E-state index contributed by atoms with van der Waals surface area (Å²) in [5, 5.41) is 9.70. The number of amides is 1. The molecule has 1 aromatic carbocycles. The molecule has 2 heterocycles. The lowest BCUT2D eigenvalue weighted by Gasteiger charge is -2.13. The Bertz CT molecular complexity index is 891. The van der Waals surface area contributed by atoms with Gasteiger partial charge < -0.3 is 10.8 Å². The van der Waals surface area contributed by atoms with Crippen LogP contribution in [0.4, 0.5) is 0 Å². The standard InChI is InChI=1S/C17H19N5O2/c1-22-10-12(9-19-22)13(8-15(18)23)16-14(20-21-17(16)24)7-11-5-3-2-4-6-11/h2-6,9-10,13H,7-8H2,1H3,(H2,18,23)(H2,20,21,24). The van der Waals surface area contributed by atoms with Crippen LogP contribution in [-0.2, 0) is 18.3 Å². The summed E-state index contributed by atoms with van der Waals surface area (Å²) in [6.07, 6.45) is 4.07. The monoisotopic (exact) mass is 325 g/mol. The van der Waals surface area contributed by atoms with Crippen LogP contribution in [-0.4, -0.2) is 25.9 Å². The second-order valence-corrected chi connectivity index (χ2v) is 5.80. The van der Waals surface area contributed by atoms with E-state index in [2.05, 4.69) is 15.3 Å². The molecule has 0 spiro atoms. The Morgan fingerprint density at radius 3 is 2.67 bits per heavy atom. The first-order valence-corrected chi connectivity index (χ1v) is 7.64. The predicted octanol–water partition coefficient (Wildman–Crippen LogP) is 1.03. The molecule has 1 unspecified atom stereocenters. The molecule has 0 radical (unpaired) electrons. The minimum absolute atomic E-state index is 0.0500. The minimum atomic E-state index is -0.463. The van der Waals surface area contributed by atoms with E-state index in [9.17, 15) is 9.59 Å². The van der Waals surface area contributed by atoms with Gasteiger partial charge in [-0.2, -0.15) is 5.10 Å². The molecular weight excluding hydrogens is 306 g/mol. The highest BCUT2D eigenvalue weighted by atomic mass is 16.1. The summed E-state index contributed by atoms with van der Waals surface area (Å²) in [6.45, 7) is 0. The lowest BCUT2D eigenvalue weighted by Crippen LogP contribution is -2.20. The average molecular weight is 325 g/mol. The Balaban J connectivity index is 2.03. The van der Waals surface area contributed by atoms with Crippen LogP contribution in [0.2, 0.25) is 0 Å². The van der Waals surface area contributed by atoms with E-state index in [4.69, 9.17) is 5.73 Å². The fourth-order valence-electron chi connectivity index (χ4n) is 2.92. The molecule has 3 rings (SSSR count). The first-order valence-electron chi connectivity index (χ1n) is 7.64. The van der Waals surface area contributed by atoms with Gasteiger partial charge in [-0.05, 0) is 11.1 Å². The summed E-state index contributed by atoms with van der Waals surface area (Å²) in [7, 11) is 1.79. The topological polar surface area (TPSA) is 110 Å². The summed E-state index contributed by atoms with van der Waals surface area (Å²) in [6, 6.07) is 9.81. The molecule has 2 aromatic heterocycles. The molecule has 7 heteroatoms. The van der Waals surface area contributed by atoms with Crippen LogP contribution >= 0.6 is 0 Å². The van der Waals surface area contributed by atoms with E-state index in [1.807, 2.05) is 30.3 Å². The molecule has 3 aromatic rings. The number of aryl methyl sites for hydroxylation is 1. The number of aromatic nitrogens is 4. The average Bonchev–Trinajstić information content (AvgIpc) is 3.13. The van der Waals surface area contributed by atoms with E-state index >= 15 is 0 Å². The zero-order valence-electron chi connectivity index (χ0n) is 13.3. The Morgan fingerprint density at radius 2 is 2.04 bits per heavy atom. The fraction of sp³-hybridized carbons (Fsp3) is 0.235. The first kappa shape index (κ1) is 15.8. The zero-order chi connectivity index (χ0) is 17.1. The number of nitrogens with one attached hydrogen (secondary N) is 2. The van der Waals surface area contributed by atoms with Crippen molar-refractivity contribution in [3.8, 4) is 0 Å². The van der Waals surface area contributed by atoms with Crippen molar-refractivity contribution in [3.05, 3.63) is 75.5 Å². The fourth-order valence-corrected chi connectivity index (χ4v) is 2.92. The third-order valence-electron chi connectivity index (χ3n) is 4.00. The first-order chi connectivity index (χ1) is 11.5. The highest BCUT2D eigenvalue weighted by Crippen LogP contribution is 2.28. The van der Waals surface area contributed by atoms with Gasteiger partial charge in [0.2, 0.25) is 5.91 Å². The summed E-state index contributed by atoms with van der Waals surface area (Å²) >= 11 is 0. The number of benzene rings is 1. The summed E-state index contributed by atoms with van der Waals surface area (Å²) < 4.78 is 1.64. The molecule has 124 valence electrons. The molecule has 0 saturated heterocycles. The van der Waals surface area contributed by atoms with Crippen LogP contribution in [0, 0.1) is 0 Å². The Labute approximate surface area is 138 Å². The second-order valence-electron chi connectivity index (χ2n) is 5.80. The van der Waals surface area contributed by atoms with Gasteiger partial charge in [-0.15, -0.1) is 0 Å². The van der Waals surface area contributed by atoms with Crippen LogP contribution in [0.5, 0.6) is 0 Å². The molecule has 0 bridgehead atoms. The zero-order valence-corrected chi connectivity index (χ0v) is 13.3. The quantitative estimate of drug-likeness (QED) is 0.629.